The monoisotopic (exact) mass is 622 g/mol. The Morgan fingerprint density at radius 2 is 1.35 bits per heavy atom. The summed E-state index contributed by atoms with van der Waals surface area (Å²) in [7, 11) is -7.27. The summed E-state index contributed by atoms with van der Waals surface area (Å²) in [5, 5.41) is -0.416. The minimum atomic E-state index is -3.71. The van der Waals surface area contributed by atoms with Gasteiger partial charge in [-0.1, -0.05) is 60.7 Å². The van der Waals surface area contributed by atoms with E-state index in [1.54, 1.807) is 18.2 Å². The average molecular weight is 623 g/mol. The number of unbranched alkanes of at least 4 members (excludes halogenated alkanes) is 1. The second kappa shape index (κ2) is 13.9. The zero-order valence-corrected chi connectivity index (χ0v) is 25.2. The third kappa shape index (κ3) is 8.91. The van der Waals surface area contributed by atoms with Crippen LogP contribution in [0, 0.1) is 0 Å². The Labute approximate surface area is 252 Å². The van der Waals surface area contributed by atoms with E-state index in [1.165, 1.54) is 12.4 Å². The molecular weight excluding hydrogens is 588 g/mol. The van der Waals surface area contributed by atoms with E-state index in [0.29, 0.717) is 43.6 Å². The van der Waals surface area contributed by atoms with Gasteiger partial charge < -0.3 is 9.47 Å². The molecule has 0 radical (unpaired) electrons. The molecule has 4 aromatic rings. The van der Waals surface area contributed by atoms with Crippen LogP contribution in [0.2, 0.25) is 0 Å². The first-order valence-electron chi connectivity index (χ1n) is 14.1. The van der Waals surface area contributed by atoms with E-state index >= 15 is 0 Å². The SMILES string of the molecule is O=S(=O)(CCCCc1ccnc(NS(=O)(=O)C2CC2)c1OCc1ccccc1)Nc1ncccc1OCc1ccccc1. The molecule has 0 amide bonds. The molecule has 0 spiro atoms. The van der Waals surface area contributed by atoms with Gasteiger partial charge in [-0.15, -0.1) is 0 Å². The molecule has 43 heavy (non-hydrogen) atoms. The topological polar surface area (TPSA) is 137 Å². The molecule has 5 rings (SSSR count). The lowest BCUT2D eigenvalue weighted by atomic mass is 10.1. The maximum absolute atomic E-state index is 12.9. The Hall–Kier alpha value is -4.16. The Bertz CT molecular complexity index is 1720. The predicted octanol–water partition coefficient (Wildman–Crippen LogP) is 5.30. The number of rotatable bonds is 16. The van der Waals surface area contributed by atoms with Crippen LogP contribution in [0.25, 0.3) is 0 Å². The van der Waals surface area contributed by atoms with Gasteiger partial charge in [0.25, 0.3) is 0 Å². The highest BCUT2D eigenvalue weighted by atomic mass is 32.2. The molecule has 0 atom stereocenters. The largest absolute Gasteiger partial charge is 0.485 e. The molecule has 1 aliphatic carbocycles. The molecule has 0 saturated heterocycles. The molecule has 2 heterocycles. The van der Waals surface area contributed by atoms with Crippen LogP contribution in [0.15, 0.2) is 91.3 Å². The summed E-state index contributed by atoms with van der Waals surface area (Å²) in [4.78, 5) is 8.43. The normalized spacial score (nSPS) is 13.3. The van der Waals surface area contributed by atoms with Crippen molar-refractivity contribution in [2.75, 3.05) is 15.2 Å². The van der Waals surface area contributed by atoms with Gasteiger partial charge in [-0.3, -0.25) is 9.44 Å². The van der Waals surface area contributed by atoms with Gasteiger partial charge in [-0.05, 0) is 67.0 Å². The van der Waals surface area contributed by atoms with Crippen LogP contribution in [0.3, 0.4) is 0 Å². The van der Waals surface area contributed by atoms with Crippen LogP contribution in [0.1, 0.15) is 42.4 Å². The van der Waals surface area contributed by atoms with E-state index < -0.39 is 25.3 Å². The van der Waals surface area contributed by atoms with Crippen molar-refractivity contribution >= 4 is 31.7 Å². The summed E-state index contributed by atoms with van der Waals surface area (Å²) in [6.45, 7) is 0.509. The molecular formula is C31H34N4O6S2. The van der Waals surface area contributed by atoms with Crippen molar-refractivity contribution in [3.8, 4) is 11.5 Å². The minimum Gasteiger partial charge on any atom is -0.485 e. The molecule has 2 N–H and O–H groups in total. The number of hydrogen-bond acceptors (Lipinski definition) is 8. The zero-order valence-electron chi connectivity index (χ0n) is 23.6. The highest BCUT2D eigenvalue weighted by molar-refractivity contribution is 7.93. The number of aryl methyl sites for hydroxylation is 1. The van der Waals surface area contributed by atoms with E-state index in [-0.39, 0.29) is 30.6 Å². The average Bonchev–Trinajstić information content (AvgIpc) is 3.86. The Balaban J connectivity index is 1.21. The fraction of sp³-hybridized carbons (Fsp3) is 0.290. The van der Waals surface area contributed by atoms with Gasteiger partial charge in [0.2, 0.25) is 20.0 Å². The Kier molecular flexibility index (Phi) is 9.78. The van der Waals surface area contributed by atoms with Gasteiger partial charge in [0.1, 0.15) is 13.2 Å². The Morgan fingerprint density at radius 3 is 2.02 bits per heavy atom. The van der Waals surface area contributed by atoms with Crippen molar-refractivity contribution in [3.05, 3.63) is 108 Å². The summed E-state index contributed by atoms with van der Waals surface area (Å²) >= 11 is 0. The van der Waals surface area contributed by atoms with Gasteiger partial charge in [0, 0.05) is 12.4 Å². The number of nitrogens with zero attached hydrogens (tertiary/aromatic N) is 2. The van der Waals surface area contributed by atoms with Crippen molar-refractivity contribution in [3.63, 3.8) is 0 Å². The summed E-state index contributed by atoms with van der Waals surface area (Å²) in [5.41, 5.74) is 2.62. The van der Waals surface area contributed by atoms with Crippen LogP contribution in [0.5, 0.6) is 11.5 Å². The fourth-order valence-electron chi connectivity index (χ4n) is 4.37. The van der Waals surface area contributed by atoms with Gasteiger partial charge >= 0.3 is 0 Å². The number of hydrogen-bond donors (Lipinski definition) is 2. The van der Waals surface area contributed by atoms with Gasteiger partial charge in [-0.2, -0.15) is 0 Å². The van der Waals surface area contributed by atoms with Gasteiger partial charge in [-0.25, -0.2) is 26.8 Å². The first-order chi connectivity index (χ1) is 20.8. The van der Waals surface area contributed by atoms with Gasteiger partial charge in [0.05, 0.1) is 11.0 Å². The standard InChI is InChI=1S/C31H34N4O6S2/c36-42(37,34-30-28(15-9-19-32-30)40-22-24-10-3-1-4-11-24)21-8-7-14-26-18-20-33-31(35-43(38,39)27-16-17-27)29(26)41-23-25-12-5-2-6-13-25/h1-6,9-13,15,18-20,27H,7-8,14,16-17,21-23H2,(H,32,34)(H,33,35). The lowest BCUT2D eigenvalue weighted by Crippen LogP contribution is -2.19. The second-order valence-electron chi connectivity index (χ2n) is 10.3. The van der Waals surface area contributed by atoms with E-state index in [1.807, 2.05) is 60.7 Å². The molecule has 226 valence electrons. The highest BCUT2D eigenvalue weighted by Crippen LogP contribution is 2.34. The number of aromatic nitrogens is 2. The molecule has 1 fully saturated rings. The molecule has 0 unspecified atom stereocenters. The van der Waals surface area contributed by atoms with Crippen molar-refractivity contribution < 1.29 is 26.3 Å². The van der Waals surface area contributed by atoms with Crippen molar-refractivity contribution in [1.82, 2.24) is 9.97 Å². The van der Waals surface area contributed by atoms with Crippen LogP contribution < -0.4 is 18.9 Å². The summed E-state index contributed by atoms with van der Waals surface area (Å²) in [5.74, 6) is 0.844. The lowest BCUT2D eigenvalue weighted by Gasteiger charge is -2.16. The first kappa shape index (κ1) is 30.3. The number of anilines is 2. The third-order valence-electron chi connectivity index (χ3n) is 6.78. The lowest BCUT2D eigenvalue weighted by molar-refractivity contribution is 0.303. The summed E-state index contributed by atoms with van der Waals surface area (Å²) < 4.78 is 68.3. The molecule has 2 aromatic heterocycles. The third-order valence-corrected chi connectivity index (χ3v) is 9.94. The Morgan fingerprint density at radius 1 is 0.698 bits per heavy atom. The van der Waals surface area contributed by atoms with Crippen LogP contribution >= 0.6 is 0 Å². The minimum absolute atomic E-state index is 0.131. The zero-order chi connectivity index (χ0) is 30.1. The number of ether oxygens (including phenoxy) is 2. The van der Waals surface area contributed by atoms with Crippen molar-refractivity contribution in [2.45, 2.75) is 50.6 Å². The summed E-state index contributed by atoms with van der Waals surface area (Å²) in [6.07, 6.45) is 5.62. The predicted molar refractivity (Wildman–Crippen MR) is 166 cm³/mol. The smallest absolute Gasteiger partial charge is 0.236 e. The number of nitrogens with one attached hydrogen (secondary N) is 2. The van der Waals surface area contributed by atoms with Gasteiger partial charge in [0.15, 0.2) is 23.1 Å². The highest BCUT2D eigenvalue weighted by Gasteiger charge is 2.36. The quantitative estimate of drug-likeness (QED) is 0.161. The van der Waals surface area contributed by atoms with E-state index in [4.69, 9.17) is 9.47 Å². The molecule has 12 heteroatoms. The van der Waals surface area contributed by atoms with E-state index in [9.17, 15) is 16.8 Å². The number of sulfonamides is 2. The van der Waals surface area contributed by atoms with Crippen LogP contribution in [-0.4, -0.2) is 37.8 Å². The number of pyridine rings is 2. The number of benzene rings is 2. The fourth-order valence-corrected chi connectivity index (χ4v) is 6.84. The van der Waals surface area contributed by atoms with Crippen LogP contribution in [0.4, 0.5) is 11.6 Å². The molecule has 0 aliphatic heterocycles. The maximum Gasteiger partial charge on any atom is 0.236 e. The van der Waals surface area contributed by atoms with Crippen molar-refractivity contribution in [2.24, 2.45) is 0 Å². The molecule has 2 aromatic carbocycles. The molecule has 1 aliphatic rings. The second-order valence-corrected chi connectivity index (χ2v) is 14.1. The summed E-state index contributed by atoms with van der Waals surface area (Å²) in [6, 6.07) is 24.2. The van der Waals surface area contributed by atoms with Crippen molar-refractivity contribution in [1.29, 1.82) is 0 Å². The maximum atomic E-state index is 12.9. The molecule has 1 saturated carbocycles. The van der Waals surface area contributed by atoms with E-state index in [2.05, 4.69) is 19.4 Å². The molecule has 0 bridgehead atoms. The molecule has 10 nitrogen and oxygen atoms in total. The first-order valence-corrected chi connectivity index (χ1v) is 17.3. The van der Waals surface area contributed by atoms with Crippen LogP contribution in [-0.2, 0) is 39.7 Å². The van der Waals surface area contributed by atoms with E-state index in [0.717, 1.165) is 16.7 Å².